The molecule has 0 saturated carbocycles. The number of nitrogens with one attached hydrogen (secondary N) is 2. The van der Waals surface area contributed by atoms with Crippen LogP contribution in [0.2, 0.25) is 0 Å². The zero-order chi connectivity index (χ0) is 20.0. The number of fused-ring (bicyclic) bond motifs is 1. The minimum absolute atomic E-state index is 0.0436. The molecule has 0 saturated heterocycles. The minimum Gasteiger partial charge on any atom is -0.363 e. The number of likely N-dealkylation sites (N-methyl/N-ethyl adjacent to an activating group) is 1. The maximum atomic E-state index is 12.6. The van der Waals surface area contributed by atoms with Gasteiger partial charge in [-0.25, -0.2) is 0 Å². The van der Waals surface area contributed by atoms with Crippen LogP contribution >= 0.6 is 12.2 Å². The molecule has 5 nitrogen and oxygen atoms in total. The van der Waals surface area contributed by atoms with Crippen molar-refractivity contribution in [1.29, 1.82) is 0 Å². The van der Waals surface area contributed by atoms with Gasteiger partial charge in [0.05, 0.1) is 6.54 Å². The molecule has 0 aliphatic carbocycles. The molecule has 2 rings (SSSR count). The summed E-state index contributed by atoms with van der Waals surface area (Å²) in [6, 6.07) is 6.17. The predicted octanol–water partition coefficient (Wildman–Crippen LogP) is 3.18. The number of aromatic nitrogens is 1. The molecule has 27 heavy (non-hydrogen) atoms. The van der Waals surface area contributed by atoms with Gasteiger partial charge < -0.3 is 20.1 Å². The van der Waals surface area contributed by atoms with Gasteiger partial charge in [0.2, 0.25) is 0 Å². The van der Waals surface area contributed by atoms with Crippen LogP contribution in [0.15, 0.2) is 23.0 Å². The predicted molar refractivity (Wildman–Crippen MR) is 119 cm³/mol. The quantitative estimate of drug-likeness (QED) is 0.680. The fourth-order valence-electron chi connectivity index (χ4n) is 3.16. The lowest BCUT2D eigenvalue weighted by molar-refractivity contribution is 0.263. The van der Waals surface area contributed by atoms with Crippen LogP contribution in [0, 0.1) is 13.8 Å². The maximum absolute atomic E-state index is 12.6. The summed E-state index contributed by atoms with van der Waals surface area (Å²) in [6.45, 7) is 15.5. The Morgan fingerprint density at radius 1 is 1.07 bits per heavy atom. The first-order valence-electron chi connectivity index (χ1n) is 9.77. The Hall–Kier alpha value is -1.92. The molecule has 0 aliphatic rings. The summed E-state index contributed by atoms with van der Waals surface area (Å²) in [4.78, 5) is 20.1. The van der Waals surface area contributed by atoms with E-state index in [1.165, 1.54) is 11.1 Å². The van der Waals surface area contributed by atoms with Gasteiger partial charge in [-0.15, -0.1) is 0 Å². The molecule has 2 aromatic rings. The molecule has 0 aliphatic heterocycles. The van der Waals surface area contributed by atoms with E-state index in [0.29, 0.717) is 11.7 Å². The molecule has 6 heteroatoms. The Balaban J connectivity index is 2.29. The van der Waals surface area contributed by atoms with Crippen LogP contribution in [0.1, 0.15) is 37.5 Å². The molecule has 0 spiro atoms. The maximum Gasteiger partial charge on any atom is 0.253 e. The van der Waals surface area contributed by atoms with Crippen molar-refractivity contribution in [3.8, 4) is 0 Å². The van der Waals surface area contributed by atoms with E-state index < -0.39 is 0 Å². The number of pyridine rings is 1. The Kier molecular flexibility index (Phi) is 7.80. The Morgan fingerprint density at radius 2 is 1.74 bits per heavy atom. The summed E-state index contributed by atoms with van der Waals surface area (Å²) in [5.41, 5.74) is 3.99. The highest BCUT2D eigenvalue weighted by molar-refractivity contribution is 7.80. The molecule has 0 bridgehead atoms. The summed E-state index contributed by atoms with van der Waals surface area (Å²) in [5, 5.41) is 4.98. The first-order valence-corrected chi connectivity index (χ1v) is 10.2. The van der Waals surface area contributed by atoms with Crippen molar-refractivity contribution >= 4 is 28.2 Å². The van der Waals surface area contributed by atoms with Crippen LogP contribution < -0.4 is 10.9 Å². The average molecular weight is 389 g/mol. The molecule has 0 fully saturated rings. The zero-order valence-electron chi connectivity index (χ0n) is 17.2. The molecule has 0 unspecified atom stereocenters. The molecule has 1 aromatic carbocycles. The van der Waals surface area contributed by atoms with Gasteiger partial charge >= 0.3 is 0 Å². The largest absolute Gasteiger partial charge is 0.363 e. The van der Waals surface area contributed by atoms with Gasteiger partial charge in [-0.2, -0.15) is 0 Å². The smallest absolute Gasteiger partial charge is 0.253 e. The van der Waals surface area contributed by atoms with E-state index >= 15 is 0 Å². The van der Waals surface area contributed by atoms with Crippen molar-refractivity contribution in [3.05, 3.63) is 45.2 Å². The van der Waals surface area contributed by atoms with E-state index in [2.05, 4.69) is 53.9 Å². The van der Waals surface area contributed by atoms with Crippen molar-refractivity contribution in [2.75, 3.05) is 32.7 Å². The molecular weight excluding hydrogens is 356 g/mol. The van der Waals surface area contributed by atoms with Crippen molar-refractivity contribution in [3.63, 3.8) is 0 Å². The van der Waals surface area contributed by atoms with Crippen LogP contribution in [0.4, 0.5) is 0 Å². The van der Waals surface area contributed by atoms with Gasteiger partial charge in [-0.05, 0) is 80.8 Å². The van der Waals surface area contributed by atoms with E-state index in [0.717, 1.165) is 49.2 Å². The number of aromatic amines is 1. The Labute approximate surface area is 167 Å². The molecule has 0 atom stereocenters. The number of rotatable bonds is 8. The lowest BCUT2D eigenvalue weighted by Gasteiger charge is -2.28. The molecule has 1 aromatic heterocycles. The van der Waals surface area contributed by atoms with E-state index in [1.807, 2.05) is 19.1 Å². The van der Waals surface area contributed by atoms with Crippen molar-refractivity contribution in [1.82, 2.24) is 20.1 Å². The van der Waals surface area contributed by atoms with E-state index in [1.54, 1.807) is 0 Å². The van der Waals surface area contributed by atoms with Crippen molar-refractivity contribution in [2.45, 2.75) is 41.2 Å². The summed E-state index contributed by atoms with van der Waals surface area (Å²) in [6.07, 6.45) is 0. The number of H-pyrrole nitrogens is 1. The summed E-state index contributed by atoms with van der Waals surface area (Å²) < 4.78 is 0. The molecule has 148 valence electrons. The fourth-order valence-corrected chi connectivity index (χ4v) is 3.46. The third-order valence-electron chi connectivity index (χ3n) is 5.09. The van der Waals surface area contributed by atoms with Gasteiger partial charge in [-0.3, -0.25) is 4.79 Å². The number of hydrogen-bond donors (Lipinski definition) is 2. The van der Waals surface area contributed by atoms with E-state index in [-0.39, 0.29) is 5.56 Å². The standard InChI is InChI=1S/C21H32N4OS/c1-6-22-21(27)25(10-9-24(7-2)8-3)14-18-13-17-11-15(4)16(5)12-19(17)23-20(18)26/h11-13H,6-10,14H2,1-5H3,(H,22,27)(H,23,26). The minimum atomic E-state index is -0.0436. The highest BCUT2D eigenvalue weighted by Gasteiger charge is 2.14. The third kappa shape index (κ3) is 5.53. The molecule has 0 radical (unpaired) electrons. The molecule has 1 heterocycles. The van der Waals surface area contributed by atoms with Crippen molar-refractivity contribution < 1.29 is 0 Å². The van der Waals surface area contributed by atoms with Gasteiger partial charge in [0.25, 0.3) is 5.56 Å². The number of thiocarbonyl (C=S) groups is 1. The van der Waals surface area contributed by atoms with Gasteiger partial charge in [-0.1, -0.05) is 13.8 Å². The van der Waals surface area contributed by atoms with Crippen LogP contribution in [0.25, 0.3) is 10.9 Å². The van der Waals surface area contributed by atoms with E-state index in [9.17, 15) is 4.79 Å². The first kappa shape index (κ1) is 21.4. The Bertz CT molecular complexity index is 842. The number of hydrogen-bond acceptors (Lipinski definition) is 3. The van der Waals surface area contributed by atoms with Crippen LogP contribution in [-0.2, 0) is 6.54 Å². The van der Waals surface area contributed by atoms with Crippen molar-refractivity contribution in [2.24, 2.45) is 0 Å². The molecule has 0 amide bonds. The normalized spacial score (nSPS) is 11.2. The molecular formula is C21H32N4OS. The van der Waals surface area contributed by atoms with Gasteiger partial charge in [0, 0.05) is 30.7 Å². The summed E-state index contributed by atoms with van der Waals surface area (Å²) in [5.74, 6) is 0. The molecule has 2 N–H and O–H groups in total. The zero-order valence-corrected chi connectivity index (χ0v) is 18.0. The average Bonchev–Trinajstić information content (AvgIpc) is 2.63. The van der Waals surface area contributed by atoms with Gasteiger partial charge in [0.1, 0.15) is 0 Å². The third-order valence-corrected chi connectivity index (χ3v) is 5.49. The second kappa shape index (κ2) is 9.85. The summed E-state index contributed by atoms with van der Waals surface area (Å²) in [7, 11) is 0. The first-order chi connectivity index (χ1) is 12.9. The number of benzene rings is 1. The lowest BCUT2D eigenvalue weighted by atomic mass is 10.0. The lowest BCUT2D eigenvalue weighted by Crippen LogP contribution is -2.44. The monoisotopic (exact) mass is 388 g/mol. The SMILES string of the molecule is CCNC(=S)N(CCN(CC)CC)Cc1cc2cc(C)c(C)cc2[nH]c1=O. The highest BCUT2D eigenvalue weighted by atomic mass is 32.1. The summed E-state index contributed by atoms with van der Waals surface area (Å²) >= 11 is 5.56. The van der Waals surface area contributed by atoms with Crippen LogP contribution in [-0.4, -0.2) is 52.6 Å². The second-order valence-corrected chi connectivity index (χ2v) is 7.32. The highest BCUT2D eigenvalue weighted by Crippen LogP contribution is 2.17. The fraction of sp³-hybridized carbons (Fsp3) is 0.524. The number of aryl methyl sites for hydroxylation is 2. The Morgan fingerprint density at radius 3 is 2.37 bits per heavy atom. The van der Waals surface area contributed by atoms with Gasteiger partial charge in [0.15, 0.2) is 5.11 Å². The van der Waals surface area contributed by atoms with Crippen LogP contribution in [0.5, 0.6) is 0 Å². The topological polar surface area (TPSA) is 51.4 Å². The van der Waals surface area contributed by atoms with Crippen LogP contribution in [0.3, 0.4) is 0 Å². The van der Waals surface area contributed by atoms with E-state index in [4.69, 9.17) is 12.2 Å². The second-order valence-electron chi connectivity index (χ2n) is 6.93. The number of nitrogens with zero attached hydrogens (tertiary/aromatic N) is 2.